The van der Waals surface area contributed by atoms with E-state index in [-0.39, 0.29) is 11.4 Å². The molecule has 0 spiro atoms. The van der Waals surface area contributed by atoms with Crippen LogP contribution in [0.5, 0.6) is 28.7 Å². The summed E-state index contributed by atoms with van der Waals surface area (Å²) < 4.78 is 22.2. The zero-order valence-electron chi connectivity index (χ0n) is 17.0. The standard InChI is InChI=1S/C23H19NO6S/c1-27-14-6-4-13(5-7-14)22-21(20-18(25)10-16(28-2)11-19(20)31-22)30-15-8-9-17(24-12-15)23(26)29-3/h4-12,25H,1-3H3. The number of benzene rings is 2. The van der Waals surface area contributed by atoms with Crippen molar-refractivity contribution in [2.75, 3.05) is 21.3 Å². The highest BCUT2D eigenvalue weighted by Crippen LogP contribution is 2.50. The number of phenolic OH excluding ortho intramolecular Hbond substituents is 1. The van der Waals surface area contributed by atoms with E-state index in [0.29, 0.717) is 22.6 Å². The van der Waals surface area contributed by atoms with Crippen LogP contribution in [-0.4, -0.2) is 37.4 Å². The lowest BCUT2D eigenvalue weighted by Crippen LogP contribution is -2.03. The summed E-state index contributed by atoms with van der Waals surface area (Å²) in [6.07, 6.45) is 1.44. The van der Waals surface area contributed by atoms with Crippen molar-refractivity contribution in [1.82, 2.24) is 4.98 Å². The maximum atomic E-state index is 11.6. The van der Waals surface area contributed by atoms with Crippen LogP contribution < -0.4 is 14.2 Å². The number of rotatable bonds is 6. The second-order valence-electron chi connectivity index (χ2n) is 6.48. The van der Waals surface area contributed by atoms with Gasteiger partial charge in [-0.15, -0.1) is 11.3 Å². The third kappa shape index (κ3) is 3.97. The number of phenols is 1. The molecule has 0 bridgehead atoms. The molecule has 0 fully saturated rings. The fourth-order valence-electron chi connectivity index (χ4n) is 3.09. The minimum atomic E-state index is -0.531. The van der Waals surface area contributed by atoms with E-state index in [4.69, 9.17) is 14.2 Å². The molecular weight excluding hydrogens is 418 g/mol. The van der Waals surface area contributed by atoms with Crippen LogP contribution in [0.25, 0.3) is 20.5 Å². The number of pyridine rings is 1. The molecule has 2 aromatic carbocycles. The largest absolute Gasteiger partial charge is 0.507 e. The summed E-state index contributed by atoms with van der Waals surface area (Å²) in [5.41, 5.74) is 1.07. The van der Waals surface area contributed by atoms with Gasteiger partial charge in [-0.1, -0.05) is 0 Å². The molecule has 158 valence electrons. The highest BCUT2D eigenvalue weighted by Gasteiger charge is 2.21. The van der Waals surface area contributed by atoms with Gasteiger partial charge in [0.1, 0.15) is 28.7 Å². The van der Waals surface area contributed by atoms with Gasteiger partial charge in [0, 0.05) is 10.8 Å². The molecule has 8 heteroatoms. The van der Waals surface area contributed by atoms with Gasteiger partial charge in [-0.2, -0.15) is 0 Å². The van der Waals surface area contributed by atoms with Crippen LogP contribution in [-0.2, 0) is 4.74 Å². The van der Waals surface area contributed by atoms with Gasteiger partial charge >= 0.3 is 5.97 Å². The Morgan fingerprint density at radius 1 is 0.935 bits per heavy atom. The Morgan fingerprint density at radius 2 is 1.65 bits per heavy atom. The number of carbonyl (C=O) groups excluding carboxylic acids is 1. The van der Waals surface area contributed by atoms with Crippen LogP contribution in [0.15, 0.2) is 54.7 Å². The molecule has 4 rings (SSSR count). The van der Waals surface area contributed by atoms with Crippen molar-refractivity contribution in [3.8, 4) is 39.2 Å². The third-order valence-corrected chi connectivity index (χ3v) is 5.81. The normalized spacial score (nSPS) is 10.7. The number of esters is 1. The van der Waals surface area contributed by atoms with Crippen LogP contribution in [0.1, 0.15) is 10.5 Å². The zero-order valence-corrected chi connectivity index (χ0v) is 17.9. The van der Waals surface area contributed by atoms with Gasteiger partial charge in [0.05, 0.1) is 37.8 Å². The van der Waals surface area contributed by atoms with E-state index in [2.05, 4.69) is 9.72 Å². The van der Waals surface area contributed by atoms with Gasteiger partial charge in [-0.3, -0.25) is 0 Å². The van der Waals surface area contributed by atoms with Gasteiger partial charge in [0.2, 0.25) is 0 Å². The molecule has 2 heterocycles. The average molecular weight is 437 g/mol. The SMILES string of the molecule is COC(=O)c1ccc(Oc2c(-c3ccc(OC)cc3)sc3cc(OC)cc(O)c23)cn1. The number of thiophene rings is 1. The van der Waals surface area contributed by atoms with Crippen molar-refractivity contribution in [3.63, 3.8) is 0 Å². The maximum absolute atomic E-state index is 11.6. The van der Waals surface area contributed by atoms with Crippen LogP contribution in [0, 0.1) is 0 Å². The van der Waals surface area contributed by atoms with Crippen molar-refractivity contribution >= 4 is 27.4 Å². The molecule has 0 aliphatic heterocycles. The van der Waals surface area contributed by atoms with Gasteiger partial charge in [0.15, 0.2) is 5.75 Å². The minimum Gasteiger partial charge on any atom is -0.507 e. The van der Waals surface area contributed by atoms with Gasteiger partial charge < -0.3 is 24.1 Å². The molecule has 2 aromatic heterocycles. The summed E-state index contributed by atoms with van der Waals surface area (Å²) in [5, 5.41) is 11.2. The van der Waals surface area contributed by atoms with Crippen LogP contribution in [0.2, 0.25) is 0 Å². The molecule has 0 radical (unpaired) electrons. The lowest BCUT2D eigenvalue weighted by Gasteiger charge is -2.10. The molecule has 0 saturated carbocycles. The number of aromatic hydroxyl groups is 1. The number of hydrogen-bond donors (Lipinski definition) is 1. The highest BCUT2D eigenvalue weighted by atomic mass is 32.1. The first-order valence-corrected chi connectivity index (χ1v) is 10.1. The number of ether oxygens (including phenoxy) is 4. The van der Waals surface area contributed by atoms with Gasteiger partial charge in [-0.05, 0) is 48.0 Å². The number of fused-ring (bicyclic) bond motifs is 1. The Hall–Kier alpha value is -3.78. The first-order valence-electron chi connectivity index (χ1n) is 9.24. The lowest BCUT2D eigenvalue weighted by molar-refractivity contribution is 0.0594. The van der Waals surface area contributed by atoms with Crippen LogP contribution >= 0.6 is 11.3 Å². The molecule has 0 atom stereocenters. The molecule has 0 aliphatic rings. The van der Waals surface area contributed by atoms with Gasteiger partial charge in [0.25, 0.3) is 0 Å². The summed E-state index contributed by atoms with van der Waals surface area (Å²) in [7, 11) is 4.45. The molecule has 0 aliphatic carbocycles. The molecule has 1 N–H and O–H groups in total. The second kappa shape index (κ2) is 8.53. The van der Waals surface area contributed by atoms with E-state index < -0.39 is 5.97 Å². The summed E-state index contributed by atoms with van der Waals surface area (Å²) in [6.45, 7) is 0. The quantitative estimate of drug-likeness (QED) is 0.412. The first-order chi connectivity index (χ1) is 15.0. The number of aromatic nitrogens is 1. The predicted molar refractivity (Wildman–Crippen MR) is 118 cm³/mol. The van der Waals surface area contributed by atoms with E-state index in [1.807, 2.05) is 30.3 Å². The van der Waals surface area contributed by atoms with E-state index in [0.717, 1.165) is 20.9 Å². The molecule has 31 heavy (non-hydrogen) atoms. The fraction of sp³-hybridized carbons (Fsp3) is 0.130. The maximum Gasteiger partial charge on any atom is 0.356 e. The Balaban J connectivity index is 1.83. The van der Waals surface area contributed by atoms with Gasteiger partial charge in [-0.25, -0.2) is 9.78 Å². The summed E-state index contributed by atoms with van der Waals surface area (Å²) in [6, 6.07) is 14.1. The third-order valence-electron chi connectivity index (χ3n) is 4.64. The van der Waals surface area contributed by atoms with Crippen molar-refractivity contribution in [2.45, 2.75) is 0 Å². The van der Waals surface area contributed by atoms with Crippen LogP contribution in [0.4, 0.5) is 0 Å². The Kier molecular flexibility index (Phi) is 5.64. The van der Waals surface area contributed by atoms with E-state index in [1.165, 1.54) is 36.8 Å². The van der Waals surface area contributed by atoms with Crippen molar-refractivity contribution < 1.29 is 28.8 Å². The number of hydrogen-bond acceptors (Lipinski definition) is 8. The van der Waals surface area contributed by atoms with E-state index in [9.17, 15) is 9.90 Å². The predicted octanol–water partition coefficient (Wildman–Crippen LogP) is 5.27. The Morgan fingerprint density at radius 3 is 2.26 bits per heavy atom. The molecule has 0 saturated heterocycles. The fourth-order valence-corrected chi connectivity index (χ4v) is 4.27. The number of methoxy groups -OCH3 is 3. The molecule has 4 aromatic rings. The van der Waals surface area contributed by atoms with Crippen molar-refractivity contribution in [3.05, 3.63) is 60.4 Å². The molecule has 7 nitrogen and oxygen atoms in total. The van der Waals surface area contributed by atoms with E-state index >= 15 is 0 Å². The van der Waals surface area contributed by atoms with Crippen molar-refractivity contribution in [1.29, 1.82) is 0 Å². The topological polar surface area (TPSA) is 87.1 Å². The first kappa shape index (κ1) is 20.5. The van der Waals surface area contributed by atoms with E-state index in [1.54, 1.807) is 20.3 Å². The molecule has 0 amide bonds. The number of nitrogens with zero attached hydrogens (tertiary/aromatic N) is 1. The monoisotopic (exact) mass is 437 g/mol. The number of carbonyl (C=O) groups is 1. The molecular formula is C23H19NO6S. The molecule has 0 unspecified atom stereocenters. The summed E-state index contributed by atoms with van der Waals surface area (Å²) >= 11 is 1.46. The minimum absolute atomic E-state index is 0.0412. The summed E-state index contributed by atoms with van der Waals surface area (Å²) in [4.78, 5) is 16.5. The highest BCUT2D eigenvalue weighted by molar-refractivity contribution is 7.22. The van der Waals surface area contributed by atoms with Crippen LogP contribution in [0.3, 0.4) is 0 Å². The lowest BCUT2D eigenvalue weighted by atomic mass is 10.1. The Bertz CT molecular complexity index is 1230. The second-order valence-corrected chi connectivity index (χ2v) is 7.53. The Labute approximate surface area is 182 Å². The smallest absolute Gasteiger partial charge is 0.356 e. The zero-order chi connectivity index (χ0) is 22.0. The summed E-state index contributed by atoms with van der Waals surface area (Å²) in [5.74, 6) is 1.69. The van der Waals surface area contributed by atoms with Crippen molar-refractivity contribution in [2.24, 2.45) is 0 Å². The average Bonchev–Trinajstić information content (AvgIpc) is 3.17.